The predicted octanol–water partition coefficient (Wildman–Crippen LogP) is 4.57. The zero-order valence-electron chi connectivity index (χ0n) is 20.5. The fourth-order valence-electron chi connectivity index (χ4n) is 6.93. The molecule has 7 nitrogen and oxygen atoms in total. The van der Waals surface area contributed by atoms with Crippen LogP contribution in [0.25, 0.3) is 6.08 Å². The summed E-state index contributed by atoms with van der Waals surface area (Å²) in [5.74, 6) is 2.35. The second-order valence-electron chi connectivity index (χ2n) is 10.6. The van der Waals surface area contributed by atoms with Crippen molar-refractivity contribution in [2.45, 2.75) is 43.9 Å². The first-order valence-electron chi connectivity index (χ1n) is 12.5. The largest absolute Gasteiger partial charge is 0.493 e. The van der Waals surface area contributed by atoms with Gasteiger partial charge in [0.1, 0.15) is 11.6 Å². The second kappa shape index (κ2) is 9.69. The minimum atomic E-state index is -0.806. The van der Waals surface area contributed by atoms with E-state index in [1.807, 2.05) is 12.1 Å². The Morgan fingerprint density at radius 3 is 2.25 bits per heavy atom. The third-order valence-electron chi connectivity index (χ3n) is 8.06. The van der Waals surface area contributed by atoms with Crippen LogP contribution in [0.5, 0.6) is 11.5 Å². The van der Waals surface area contributed by atoms with Crippen LogP contribution in [0, 0.1) is 29.1 Å². The van der Waals surface area contributed by atoms with Crippen LogP contribution in [0.2, 0.25) is 0 Å². The van der Waals surface area contributed by atoms with Crippen molar-refractivity contribution in [2.24, 2.45) is 23.5 Å². The Kier molecular flexibility index (Phi) is 6.44. The summed E-state index contributed by atoms with van der Waals surface area (Å²) in [4.78, 5) is 23.8. The van der Waals surface area contributed by atoms with Crippen molar-refractivity contribution in [3.05, 3.63) is 59.2 Å². The van der Waals surface area contributed by atoms with Gasteiger partial charge >= 0.3 is 0 Å². The van der Waals surface area contributed by atoms with Gasteiger partial charge in [-0.2, -0.15) is 5.26 Å². The van der Waals surface area contributed by atoms with Gasteiger partial charge in [0.05, 0.1) is 7.11 Å². The lowest BCUT2D eigenvalue weighted by Crippen LogP contribution is -2.48. The van der Waals surface area contributed by atoms with Crippen molar-refractivity contribution >= 4 is 23.6 Å². The van der Waals surface area contributed by atoms with E-state index in [0.717, 1.165) is 23.4 Å². The Morgan fingerprint density at radius 1 is 1.06 bits per heavy atom. The first-order valence-corrected chi connectivity index (χ1v) is 12.5. The van der Waals surface area contributed by atoms with Gasteiger partial charge in [-0.15, -0.1) is 0 Å². The minimum Gasteiger partial charge on any atom is -0.493 e. The number of benzene rings is 2. The lowest BCUT2D eigenvalue weighted by molar-refractivity contribution is -0.118. The van der Waals surface area contributed by atoms with Gasteiger partial charge in [0.25, 0.3) is 11.8 Å². The molecule has 0 saturated heterocycles. The summed E-state index contributed by atoms with van der Waals surface area (Å²) in [6, 6.07) is 15.0. The predicted molar refractivity (Wildman–Crippen MR) is 136 cm³/mol. The summed E-state index contributed by atoms with van der Waals surface area (Å²) in [6.45, 7) is -0.187. The van der Waals surface area contributed by atoms with Crippen LogP contribution in [0.4, 0.5) is 5.69 Å². The minimum absolute atomic E-state index is 0.167. The molecule has 2 aromatic rings. The molecule has 0 atom stereocenters. The normalized spacial score (nSPS) is 26.2. The van der Waals surface area contributed by atoms with E-state index in [1.54, 1.807) is 24.3 Å². The molecule has 0 aliphatic heterocycles. The molecule has 4 fully saturated rings. The van der Waals surface area contributed by atoms with E-state index in [0.29, 0.717) is 22.5 Å². The van der Waals surface area contributed by atoms with Gasteiger partial charge in [-0.1, -0.05) is 18.2 Å². The molecule has 6 rings (SSSR count). The number of nitrogens with two attached hydrogens (primary N) is 1. The first kappa shape index (κ1) is 23.9. The highest BCUT2D eigenvalue weighted by molar-refractivity contribution is 6.00. The quantitative estimate of drug-likeness (QED) is 0.420. The molecule has 4 saturated carbocycles. The number of nitrogens with one attached hydrogen (secondary N) is 1. The average Bonchev–Trinajstić information content (AvgIpc) is 2.85. The van der Waals surface area contributed by atoms with Gasteiger partial charge in [-0.05, 0) is 103 Å². The van der Waals surface area contributed by atoms with Crippen molar-refractivity contribution < 1.29 is 19.1 Å². The molecule has 4 bridgehead atoms. The second-order valence-corrected chi connectivity index (χ2v) is 10.6. The number of rotatable bonds is 8. The standard InChI is InChI=1S/C29H31N3O4/c1-35-26-12-18(11-22(16-30)28(31)34)2-7-25(26)36-17-27(33)32-24-5-3-23(4-6-24)29-13-19-8-20(14-29)10-21(9-19)15-29/h2-7,11-12,19-21H,8-10,13-15,17H2,1H3,(H2,31,34)(H,32,33)/b22-11-. The Hall–Kier alpha value is -3.79. The number of ether oxygens (including phenoxy) is 2. The third-order valence-corrected chi connectivity index (χ3v) is 8.06. The molecule has 0 spiro atoms. The van der Waals surface area contributed by atoms with Crippen molar-refractivity contribution in [1.82, 2.24) is 0 Å². The third kappa shape index (κ3) is 4.81. The van der Waals surface area contributed by atoms with E-state index in [4.69, 9.17) is 20.5 Å². The van der Waals surface area contributed by atoms with E-state index in [-0.39, 0.29) is 18.1 Å². The molecule has 0 heterocycles. The Morgan fingerprint density at radius 2 is 1.69 bits per heavy atom. The number of hydrogen-bond acceptors (Lipinski definition) is 5. The molecule has 36 heavy (non-hydrogen) atoms. The summed E-state index contributed by atoms with van der Waals surface area (Å²) < 4.78 is 11.0. The molecule has 4 aliphatic rings. The fourth-order valence-corrected chi connectivity index (χ4v) is 6.93. The molecule has 2 amide bonds. The lowest BCUT2D eigenvalue weighted by Gasteiger charge is -2.57. The van der Waals surface area contributed by atoms with Crippen molar-refractivity contribution in [3.8, 4) is 17.6 Å². The van der Waals surface area contributed by atoms with E-state index < -0.39 is 5.91 Å². The van der Waals surface area contributed by atoms with Crippen molar-refractivity contribution in [1.29, 1.82) is 5.26 Å². The summed E-state index contributed by atoms with van der Waals surface area (Å²) in [7, 11) is 1.47. The van der Waals surface area contributed by atoms with Crippen LogP contribution in [-0.4, -0.2) is 25.5 Å². The van der Waals surface area contributed by atoms with E-state index in [1.165, 1.54) is 57.3 Å². The van der Waals surface area contributed by atoms with Gasteiger partial charge in [0, 0.05) is 5.69 Å². The topological polar surface area (TPSA) is 114 Å². The molecule has 3 N–H and O–H groups in total. The summed E-state index contributed by atoms with van der Waals surface area (Å²) in [5, 5.41) is 11.9. The van der Waals surface area contributed by atoms with E-state index in [9.17, 15) is 9.59 Å². The summed E-state index contributed by atoms with van der Waals surface area (Å²) >= 11 is 0. The number of nitriles is 1. The summed E-state index contributed by atoms with van der Waals surface area (Å²) in [5.41, 5.74) is 8.08. The maximum atomic E-state index is 12.5. The highest BCUT2D eigenvalue weighted by atomic mass is 16.5. The van der Waals surface area contributed by atoms with Gasteiger partial charge in [0.15, 0.2) is 18.1 Å². The molecule has 7 heteroatoms. The Labute approximate surface area is 211 Å². The highest BCUT2D eigenvalue weighted by Crippen LogP contribution is 2.60. The zero-order chi connectivity index (χ0) is 25.3. The first-order chi connectivity index (χ1) is 17.4. The van der Waals surface area contributed by atoms with Crippen LogP contribution >= 0.6 is 0 Å². The molecule has 4 aliphatic carbocycles. The number of carbonyl (C=O) groups excluding carboxylic acids is 2. The molecular weight excluding hydrogens is 454 g/mol. The average molecular weight is 486 g/mol. The van der Waals surface area contributed by atoms with Crippen LogP contribution < -0.4 is 20.5 Å². The van der Waals surface area contributed by atoms with Gasteiger partial charge in [0.2, 0.25) is 0 Å². The zero-order valence-corrected chi connectivity index (χ0v) is 20.5. The number of methoxy groups -OCH3 is 1. The fraction of sp³-hybridized carbons (Fsp3) is 0.414. The number of primary amides is 1. The van der Waals surface area contributed by atoms with E-state index in [2.05, 4.69) is 17.4 Å². The number of anilines is 1. The smallest absolute Gasteiger partial charge is 0.262 e. The Bertz CT molecular complexity index is 1210. The van der Waals surface area contributed by atoms with E-state index >= 15 is 0 Å². The number of amides is 2. The molecular formula is C29H31N3O4. The number of hydrogen-bond donors (Lipinski definition) is 2. The van der Waals surface area contributed by atoms with Crippen LogP contribution in [0.3, 0.4) is 0 Å². The highest BCUT2D eigenvalue weighted by Gasteiger charge is 2.51. The molecule has 0 radical (unpaired) electrons. The van der Waals surface area contributed by atoms with Crippen LogP contribution in [0.15, 0.2) is 48.0 Å². The molecule has 2 aromatic carbocycles. The SMILES string of the molecule is COc1cc(/C=C(/C#N)C(N)=O)ccc1OCC(=O)Nc1ccc(C23CC4CC(CC(C4)C2)C3)cc1. The van der Waals surface area contributed by atoms with Gasteiger partial charge in [-0.3, -0.25) is 9.59 Å². The molecule has 0 unspecified atom stereocenters. The van der Waals surface area contributed by atoms with Crippen LogP contribution in [0.1, 0.15) is 49.7 Å². The maximum absolute atomic E-state index is 12.5. The number of nitrogens with zero attached hydrogens (tertiary/aromatic N) is 1. The maximum Gasteiger partial charge on any atom is 0.262 e. The monoisotopic (exact) mass is 485 g/mol. The number of carbonyl (C=O) groups is 2. The van der Waals surface area contributed by atoms with Crippen molar-refractivity contribution in [3.63, 3.8) is 0 Å². The summed E-state index contributed by atoms with van der Waals surface area (Å²) in [6.07, 6.45) is 9.58. The molecule has 186 valence electrons. The Balaban J connectivity index is 1.19. The van der Waals surface area contributed by atoms with Crippen LogP contribution in [-0.2, 0) is 15.0 Å². The lowest BCUT2D eigenvalue weighted by atomic mass is 9.48. The van der Waals surface area contributed by atoms with Gasteiger partial charge in [-0.25, -0.2) is 0 Å². The van der Waals surface area contributed by atoms with Gasteiger partial charge < -0.3 is 20.5 Å². The van der Waals surface area contributed by atoms with Crippen molar-refractivity contribution in [2.75, 3.05) is 19.0 Å². The molecule has 0 aromatic heterocycles.